The molecule has 1 N–H and O–H groups in total. The highest BCUT2D eigenvalue weighted by Crippen LogP contribution is 2.49. The first-order chi connectivity index (χ1) is 16.5. The number of rotatable bonds is 6. The quantitative estimate of drug-likeness (QED) is 0.266. The van der Waals surface area contributed by atoms with Crippen molar-refractivity contribution in [1.29, 1.82) is 0 Å². The maximum Gasteiger partial charge on any atom is 0.250 e. The van der Waals surface area contributed by atoms with Crippen molar-refractivity contribution in [3.8, 4) is 16.8 Å². The Hall–Kier alpha value is -3.57. The van der Waals surface area contributed by atoms with Gasteiger partial charge in [0.2, 0.25) is 5.91 Å². The number of thioether (sulfide) groups is 1. The first-order valence-electron chi connectivity index (χ1n) is 11.4. The van der Waals surface area contributed by atoms with E-state index in [0.717, 1.165) is 22.6 Å². The Bertz CT molecular complexity index is 1360. The number of benzene rings is 3. The van der Waals surface area contributed by atoms with Crippen molar-refractivity contribution >= 4 is 23.9 Å². The fourth-order valence-electron chi connectivity index (χ4n) is 4.74. The Morgan fingerprint density at radius 3 is 2.29 bits per heavy atom. The first kappa shape index (κ1) is 22.2. The monoisotopic (exact) mass is 465 g/mol. The summed E-state index contributed by atoms with van der Waals surface area (Å²) in [4.78, 5) is 12.6. The molecule has 1 heterocycles. The van der Waals surface area contributed by atoms with Gasteiger partial charge in [-0.05, 0) is 66.8 Å². The van der Waals surface area contributed by atoms with E-state index in [9.17, 15) is 4.79 Å². The number of aromatic nitrogens is 1. The molecule has 34 heavy (non-hydrogen) atoms. The first-order valence-corrected chi connectivity index (χ1v) is 12.5. The van der Waals surface area contributed by atoms with Gasteiger partial charge < -0.3 is 4.57 Å². The maximum atomic E-state index is 12.6. The number of hydrogen-bond donors (Lipinski definition) is 1. The zero-order valence-corrected chi connectivity index (χ0v) is 20.4. The molecule has 1 aromatic heterocycles. The van der Waals surface area contributed by atoms with Gasteiger partial charge in [0, 0.05) is 22.6 Å². The molecule has 4 aromatic rings. The third kappa shape index (κ3) is 4.19. The Morgan fingerprint density at radius 2 is 1.62 bits per heavy atom. The summed E-state index contributed by atoms with van der Waals surface area (Å²) in [5.41, 5.74) is 13.3. The molecule has 4 nitrogen and oxygen atoms in total. The molecule has 0 fully saturated rings. The lowest BCUT2D eigenvalue weighted by Crippen LogP contribution is -2.20. The highest BCUT2D eigenvalue weighted by Gasteiger charge is 2.28. The average molecular weight is 466 g/mol. The molecule has 0 radical (unpaired) electrons. The Kier molecular flexibility index (Phi) is 6.12. The summed E-state index contributed by atoms with van der Waals surface area (Å²) in [6, 6.07) is 27.4. The predicted octanol–water partition coefficient (Wildman–Crippen LogP) is 6.36. The molecule has 1 aliphatic rings. The van der Waals surface area contributed by atoms with Crippen molar-refractivity contribution in [2.24, 2.45) is 5.10 Å². The number of aryl methyl sites for hydroxylation is 2. The Morgan fingerprint density at radius 1 is 0.941 bits per heavy atom. The summed E-state index contributed by atoms with van der Waals surface area (Å²) in [5.74, 6) is 0.239. The van der Waals surface area contributed by atoms with Gasteiger partial charge in [-0.1, -0.05) is 60.7 Å². The van der Waals surface area contributed by atoms with Crippen molar-refractivity contribution in [3.05, 3.63) is 113 Å². The van der Waals surface area contributed by atoms with E-state index in [1.54, 1.807) is 18.0 Å². The highest BCUT2D eigenvalue weighted by atomic mass is 32.2. The van der Waals surface area contributed by atoms with E-state index in [1.165, 1.54) is 27.8 Å². The SMILES string of the molecule is Cc1cccc(-n2c(C)cc(C=NNC(=O)CSC3c4ccccc4-c4ccccc43)c2C)c1. The molecule has 170 valence electrons. The van der Waals surface area contributed by atoms with Gasteiger partial charge in [-0.3, -0.25) is 4.79 Å². The molecule has 0 saturated heterocycles. The topological polar surface area (TPSA) is 46.4 Å². The van der Waals surface area contributed by atoms with Crippen LogP contribution in [0.2, 0.25) is 0 Å². The van der Waals surface area contributed by atoms with Crippen LogP contribution >= 0.6 is 11.8 Å². The van der Waals surface area contributed by atoms with Crippen molar-refractivity contribution < 1.29 is 4.79 Å². The van der Waals surface area contributed by atoms with Gasteiger partial charge in [-0.15, -0.1) is 11.8 Å². The number of amides is 1. The lowest BCUT2D eigenvalue weighted by atomic mass is 10.1. The maximum absolute atomic E-state index is 12.6. The van der Waals surface area contributed by atoms with Gasteiger partial charge in [0.05, 0.1) is 17.2 Å². The molecule has 0 atom stereocenters. The number of hydrogen-bond acceptors (Lipinski definition) is 3. The van der Waals surface area contributed by atoms with Crippen molar-refractivity contribution in [2.45, 2.75) is 26.0 Å². The number of hydrazone groups is 1. The van der Waals surface area contributed by atoms with E-state index < -0.39 is 0 Å². The van der Waals surface area contributed by atoms with Crippen LogP contribution in [0.4, 0.5) is 0 Å². The Labute approximate surface area is 204 Å². The molecular formula is C29H27N3OS. The van der Waals surface area contributed by atoms with Crippen LogP contribution in [0.25, 0.3) is 16.8 Å². The van der Waals surface area contributed by atoms with E-state index in [0.29, 0.717) is 5.75 Å². The van der Waals surface area contributed by atoms with Crippen LogP contribution in [-0.4, -0.2) is 22.4 Å². The standard InChI is InChI=1S/C29H27N3OS/c1-19-9-8-10-23(15-19)32-20(2)16-22(21(32)3)17-30-31-28(33)18-34-29-26-13-6-4-11-24(26)25-12-5-7-14-27(25)29/h4-17,29H,18H2,1-3H3,(H,31,33). The minimum Gasteiger partial charge on any atom is -0.318 e. The number of carbonyl (C=O) groups excluding carboxylic acids is 1. The van der Waals surface area contributed by atoms with Crippen molar-refractivity contribution in [2.75, 3.05) is 5.75 Å². The predicted molar refractivity (Wildman–Crippen MR) is 142 cm³/mol. The molecule has 0 aliphatic heterocycles. The molecule has 0 unspecified atom stereocenters. The molecule has 3 aromatic carbocycles. The highest BCUT2D eigenvalue weighted by molar-refractivity contribution is 8.00. The minimum absolute atomic E-state index is 0.101. The van der Waals surface area contributed by atoms with Crippen LogP contribution in [-0.2, 0) is 4.79 Å². The third-order valence-corrected chi connectivity index (χ3v) is 7.55. The van der Waals surface area contributed by atoms with Crippen LogP contribution in [0.3, 0.4) is 0 Å². The van der Waals surface area contributed by atoms with Crippen molar-refractivity contribution in [1.82, 2.24) is 9.99 Å². The molecule has 1 aliphatic carbocycles. The number of fused-ring (bicyclic) bond motifs is 3. The van der Waals surface area contributed by atoms with Gasteiger partial charge in [0.1, 0.15) is 0 Å². The summed E-state index contributed by atoms with van der Waals surface area (Å²) in [6.07, 6.45) is 1.73. The second-order valence-corrected chi connectivity index (χ2v) is 9.75. The zero-order chi connectivity index (χ0) is 23.7. The van der Waals surface area contributed by atoms with Crippen LogP contribution in [0.1, 0.15) is 38.9 Å². The van der Waals surface area contributed by atoms with Gasteiger partial charge >= 0.3 is 0 Å². The second kappa shape index (κ2) is 9.35. The minimum atomic E-state index is -0.101. The fourth-order valence-corrected chi connectivity index (χ4v) is 5.89. The fraction of sp³-hybridized carbons (Fsp3) is 0.172. The van der Waals surface area contributed by atoms with E-state index >= 15 is 0 Å². The van der Waals surface area contributed by atoms with E-state index in [2.05, 4.69) is 115 Å². The summed E-state index contributed by atoms with van der Waals surface area (Å²) >= 11 is 1.64. The third-order valence-electron chi connectivity index (χ3n) is 6.28. The number of carbonyl (C=O) groups is 1. The van der Waals surface area contributed by atoms with Gasteiger partial charge in [0.25, 0.3) is 0 Å². The van der Waals surface area contributed by atoms with E-state index in [-0.39, 0.29) is 11.2 Å². The van der Waals surface area contributed by atoms with Crippen LogP contribution in [0.5, 0.6) is 0 Å². The lowest BCUT2D eigenvalue weighted by Gasteiger charge is -2.12. The number of nitrogens with one attached hydrogen (secondary N) is 1. The molecule has 1 amide bonds. The zero-order valence-electron chi connectivity index (χ0n) is 19.6. The van der Waals surface area contributed by atoms with Gasteiger partial charge in [-0.25, -0.2) is 5.43 Å². The normalized spacial score (nSPS) is 12.7. The average Bonchev–Trinajstić information content (AvgIpc) is 3.31. The van der Waals surface area contributed by atoms with E-state index in [4.69, 9.17) is 0 Å². The molecule has 0 saturated carbocycles. The summed E-state index contributed by atoms with van der Waals surface area (Å²) in [7, 11) is 0. The Balaban J connectivity index is 1.25. The smallest absolute Gasteiger partial charge is 0.250 e. The molecular weight excluding hydrogens is 438 g/mol. The largest absolute Gasteiger partial charge is 0.318 e. The van der Waals surface area contributed by atoms with Gasteiger partial charge in [0.15, 0.2) is 0 Å². The summed E-state index contributed by atoms with van der Waals surface area (Å²) in [6.45, 7) is 6.25. The summed E-state index contributed by atoms with van der Waals surface area (Å²) < 4.78 is 2.21. The van der Waals surface area contributed by atoms with Crippen molar-refractivity contribution in [3.63, 3.8) is 0 Å². The van der Waals surface area contributed by atoms with Crippen LogP contribution in [0, 0.1) is 20.8 Å². The van der Waals surface area contributed by atoms with Gasteiger partial charge in [-0.2, -0.15) is 5.10 Å². The lowest BCUT2D eigenvalue weighted by molar-refractivity contribution is -0.118. The van der Waals surface area contributed by atoms with Crippen LogP contribution < -0.4 is 5.43 Å². The van der Waals surface area contributed by atoms with Crippen LogP contribution in [0.15, 0.2) is 84.0 Å². The molecule has 0 spiro atoms. The summed E-state index contributed by atoms with van der Waals surface area (Å²) in [5, 5.41) is 4.41. The second-order valence-electron chi connectivity index (χ2n) is 8.66. The van der Waals surface area contributed by atoms with E-state index in [1.807, 2.05) is 0 Å². The molecule has 5 rings (SSSR count). The molecule has 0 bridgehead atoms. The number of nitrogens with zero attached hydrogens (tertiary/aromatic N) is 2. The molecule has 5 heteroatoms.